The maximum absolute atomic E-state index is 12.6. The number of sulfonamides is 1. The van der Waals surface area contributed by atoms with Crippen LogP contribution in [0.1, 0.15) is 18.1 Å². The van der Waals surface area contributed by atoms with Gasteiger partial charge in [0.15, 0.2) is 0 Å². The molecule has 1 aromatic heterocycles. The predicted octanol–water partition coefficient (Wildman–Crippen LogP) is 4.66. The van der Waals surface area contributed by atoms with E-state index in [1.165, 1.54) is 0 Å². The van der Waals surface area contributed by atoms with Gasteiger partial charge in [-0.25, -0.2) is 13.4 Å². The average Bonchev–Trinajstić information content (AvgIpc) is 2.66. The third-order valence-corrected chi connectivity index (χ3v) is 5.82. The van der Waals surface area contributed by atoms with Gasteiger partial charge in [-0.1, -0.05) is 24.3 Å². The zero-order valence-electron chi connectivity index (χ0n) is 15.7. The van der Waals surface area contributed by atoms with Gasteiger partial charge in [0.1, 0.15) is 5.82 Å². The van der Waals surface area contributed by atoms with Crippen molar-refractivity contribution >= 4 is 27.2 Å². The molecule has 0 saturated carbocycles. The highest BCUT2D eigenvalue weighted by Gasteiger charge is 2.16. The van der Waals surface area contributed by atoms with Crippen molar-refractivity contribution in [2.24, 2.45) is 0 Å². The minimum absolute atomic E-state index is 0.232. The highest BCUT2D eigenvalue weighted by molar-refractivity contribution is 7.92. The Morgan fingerprint density at radius 3 is 2.26 bits per heavy atom. The lowest BCUT2D eigenvalue weighted by Crippen LogP contribution is -2.17. The quantitative estimate of drug-likeness (QED) is 0.675. The van der Waals surface area contributed by atoms with Gasteiger partial charge in [-0.3, -0.25) is 4.72 Å². The first kappa shape index (κ1) is 18.9. The molecule has 6 heteroatoms. The van der Waals surface area contributed by atoms with E-state index >= 15 is 0 Å². The topological polar surface area (TPSA) is 62.3 Å². The van der Waals surface area contributed by atoms with Crippen LogP contribution in [0.2, 0.25) is 0 Å². The lowest BCUT2D eigenvalue weighted by molar-refractivity contribution is 0.601. The van der Waals surface area contributed by atoms with E-state index in [0.717, 1.165) is 29.0 Å². The Morgan fingerprint density at radius 1 is 0.926 bits per heavy atom. The van der Waals surface area contributed by atoms with Crippen LogP contribution in [0.25, 0.3) is 0 Å². The van der Waals surface area contributed by atoms with Gasteiger partial charge < -0.3 is 4.90 Å². The summed E-state index contributed by atoms with van der Waals surface area (Å²) in [6, 6.07) is 18.6. The molecular weight excluding hydrogens is 358 g/mol. The van der Waals surface area contributed by atoms with Gasteiger partial charge >= 0.3 is 0 Å². The van der Waals surface area contributed by atoms with Crippen molar-refractivity contribution in [1.29, 1.82) is 0 Å². The Balaban J connectivity index is 1.82. The number of nitrogens with one attached hydrogen (secondary N) is 1. The highest BCUT2D eigenvalue weighted by atomic mass is 32.2. The molecule has 0 fully saturated rings. The smallest absolute Gasteiger partial charge is 0.263 e. The molecule has 1 heterocycles. The normalized spacial score (nSPS) is 11.2. The number of benzene rings is 2. The largest absolute Gasteiger partial charge is 0.341 e. The van der Waals surface area contributed by atoms with Crippen LogP contribution in [0, 0.1) is 13.8 Å². The molecule has 3 aromatic rings. The van der Waals surface area contributed by atoms with Gasteiger partial charge in [-0.2, -0.15) is 0 Å². The Hall–Kier alpha value is -2.86. The van der Waals surface area contributed by atoms with Crippen molar-refractivity contribution in [1.82, 2.24) is 4.98 Å². The molecular formula is C21H23N3O2S. The molecule has 0 radical (unpaired) electrons. The number of rotatable bonds is 6. The molecule has 0 aliphatic heterocycles. The molecule has 27 heavy (non-hydrogen) atoms. The number of hydrogen-bond donors (Lipinski definition) is 1. The van der Waals surface area contributed by atoms with Crippen molar-refractivity contribution in [2.75, 3.05) is 16.2 Å². The van der Waals surface area contributed by atoms with E-state index < -0.39 is 10.0 Å². The van der Waals surface area contributed by atoms with Crippen molar-refractivity contribution in [3.8, 4) is 0 Å². The van der Waals surface area contributed by atoms with E-state index in [9.17, 15) is 8.42 Å². The maximum atomic E-state index is 12.6. The number of pyridine rings is 1. The molecule has 0 bridgehead atoms. The van der Waals surface area contributed by atoms with Gasteiger partial charge in [-0.05, 0) is 68.3 Å². The summed E-state index contributed by atoms with van der Waals surface area (Å²) >= 11 is 0. The summed E-state index contributed by atoms with van der Waals surface area (Å²) in [5, 5.41) is 0. The first-order valence-corrected chi connectivity index (χ1v) is 10.3. The number of hydrogen-bond acceptors (Lipinski definition) is 4. The fourth-order valence-electron chi connectivity index (χ4n) is 2.81. The Morgan fingerprint density at radius 2 is 1.67 bits per heavy atom. The zero-order valence-corrected chi connectivity index (χ0v) is 16.5. The van der Waals surface area contributed by atoms with E-state index in [0.29, 0.717) is 5.82 Å². The zero-order chi connectivity index (χ0) is 19.4. The Bertz CT molecular complexity index is 1020. The predicted molar refractivity (Wildman–Crippen MR) is 110 cm³/mol. The van der Waals surface area contributed by atoms with Crippen LogP contribution < -0.4 is 9.62 Å². The summed E-state index contributed by atoms with van der Waals surface area (Å²) < 4.78 is 27.7. The summed E-state index contributed by atoms with van der Waals surface area (Å²) in [5.74, 6) is 0.293. The summed E-state index contributed by atoms with van der Waals surface area (Å²) in [6.45, 7) is 6.68. The summed E-state index contributed by atoms with van der Waals surface area (Å²) in [7, 11) is -3.67. The third kappa shape index (κ3) is 4.28. The monoisotopic (exact) mass is 381 g/mol. The summed E-state index contributed by atoms with van der Waals surface area (Å²) in [5.41, 5.74) is 3.95. The van der Waals surface area contributed by atoms with Crippen LogP contribution in [-0.4, -0.2) is 19.9 Å². The number of aryl methyl sites for hydroxylation is 2. The third-order valence-electron chi connectivity index (χ3n) is 4.47. The molecule has 0 spiro atoms. The van der Waals surface area contributed by atoms with E-state index in [4.69, 9.17) is 0 Å². The van der Waals surface area contributed by atoms with Crippen LogP contribution in [0.5, 0.6) is 0 Å². The second-order valence-corrected chi connectivity index (χ2v) is 8.02. The minimum atomic E-state index is -3.67. The lowest BCUT2D eigenvalue weighted by Gasteiger charge is -2.23. The average molecular weight is 382 g/mol. The molecule has 1 N–H and O–H groups in total. The summed E-state index contributed by atoms with van der Waals surface area (Å²) in [4.78, 5) is 6.63. The van der Waals surface area contributed by atoms with Crippen molar-refractivity contribution in [3.63, 3.8) is 0 Å². The first-order chi connectivity index (χ1) is 12.9. The molecule has 0 amide bonds. The second-order valence-electron chi connectivity index (χ2n) is 6.33. The molecule has 0 aliphatic carbocycles. The lowest BCUT2D eigenvalue weighted by atomic mass is 10.1. The molecule has 5 nitrogen and oxygen atoms in total. The van der Waals surface area contributed by atoms with Gasteiger partial charge in [0.25, 0.3) is 10.0 Å². The Labute approximate surface area is 160 Å². The molecule has 2 aromatic carbocycles. The number of nitrogens with zero attached hydrogens (tertiary/aromatic N) is 2. The highest BCUT2D eigenvalue weighted by Crippen LogP contribution is 2.25. The summed E-state index contributed by atoms with van der Waals surface area (Å²) in [6.07, 6.45) is 1.68. The van der Waals surface area contributed by atoms with Gasteiger partial charge in [-0.15, -0.1) is 0 Å². The molecule has 0 atom stereocenters. The number of anilines is 3. The first-order valence-electron chi connectivity index (χ1n) is 8.79. The van der Waals surface area contributed by atoms with Gasteiger partial charge in [0.2, 0.25) is 0 Å². The van der Waals surface area contributed by atoms with Gasteiger partial charge in [0.05, 0.1) is 16.8 Å². The maximum Gasteiger partial charge on any atom is 0.263 e. The van der Waals surface area contributed by atoms with Crippen LogP contribution in [0.4, 0.5) is 17.2 Å². The second kappa shape index (κ2) is 7.80. The standard InChI is InChI=1S/C21H23N3O2S/c1-4-24(18-8-6-5-7-9-18)19-11-13-21(22-15-19)23-27(25,26)20-12-10-16(2)17(3)14-20/h5-15H,4H2,1-3H3,(H,22,23). The molecule has 0 unspecified atom stereocenters. The minimum Gasteiger partial charge on any atom is -0.341 e. The van der Waals surface area contributed by atoms with E-state index in [-0.39, 0.29) is 4.90 Å². The number of para-hydroxylation sites is 1. The molecule has 0 aliphatic rings. The fraction of sp³-hybridized carbons (Fsp3) is 0.190. The fourth-order valence-corrected chi connectivity index (χ4v) is 3.90. The Kier molecular flexibility index (Phi) is 5.46. The molecule has 3 rings (SSSR count). The van der Waals surface area contributed by atoms with E-state index in [1.807, 2.05) is 50.2 Å². The van der Waals surface area contributed by atoms with Crippen molar-refractivity contribution < 1.29 is 8.42 Å². The van der Waals surface area contributed by atoms with Crippen molar-refractivity contribution in [3.05, 3.63) is 78.0 Å². The van der Waals surface area contributed by atoms with Crippen LogP contribution in [-0.2, 0) is 10.0 Å². The van der Waals surface area contributed by atoms with Crippen LogP contribution >= 0.6 is 0 Å². The van der Waals surface area contributed by atoms with Gasteiger partial charge in [0, 0.05) is 12.2 Å². The molecule has 0 saturated heterocycles. The van der Waals surface area contributed by atoms with Crippen LogP contribution in [0.3, 0.4) is 0 Å². The van der Waals surface area contributed by atoms with Crippen molar-refractivity contribution in [2.45, 2.75) is 25.7 Å². The SMILES string of the molecule is CCN(c1ccccc1)c1ccc(NS(=O)(=O)c2ccc(C)c(C)c2)nc1. The van der Waals surface area contributed by atoms with E-state index in [1.54, 1.807) is 30.5 Å². The molecule has 140 valence electrons. The van der Waals surface area contributed by atoms with E-state index in [2.05, 4.69) is 21.5 Å². The number of aromatic nitrogens is 1. The van der Waals surface area contributed by atoms with Crippen LogP contribution in [0.15, 0.2) is 71.8 Å².